The van der Waals surface area contributed by atoms with E-state index in [0.29, 0.717) is 18.0 Å². The van der Waals surface area contributed by atoms with Gasteiger partial charge in [-0.3, -0.25) is 4.79 Å². The number of benzene rings is 3. The summed E-state index contributed by atoms with van der Waals surface area (Å²) >= 11 is 0. The molecule has 162 valence electrons. The first kappa shape index (κ1) is 21.2. The highest BCUT2D eigenvalue weighted by Crippen LogP contribution is 2.40. The zero-order valence-corrected chi connectivity index (χ0v) is 18.2. The number of amides is 1. The molecular weight excluding hydrogens is 400 g/mol. The molecule has 5 heteroatoms. The van der Waals surface area contributed by atoms with Crippen molar-refractivity contribution in [3.8, 4) is 11.5 Å². The predicted octanol–water partition coefficient (Wildman–Crippen LogP) is 5.15. The number of aromatic nitrogens is 1. The summed E-state index contributed by atoms with van der Waals surface area (Å²) in [5.74, 6) is 1.04. The number of aromatic amines is 1. The van der Waals surface area contributed by atoms with Crippen LogP contribution in [0, 0.1) is 0 Å². The van der Waals surface area contributed by atoms with Crippen LogP contribution < -0.4 is 14.8 Å². The molecule has 0 aliphatic carbocycles. The third-order valence-corrected chi connectivity index (χ3v) is 5.51. The van der Waals surface area contributed by atoms with Crippen molar-refractivity contribution in [1.29, 1.82) is 0 Å². The maximum absolute atomic E-state index is 12.6. The van der Waals surface area contributed by atoms with E-state index in [4.69, 9.17) is 9.47 Å². The van der Waals surface area contributed by atoms with Gasteiger partial charge in [-0.15, -0.1) is 0 Å². The van der Waals surface area contributed by atoms with Crippen molar-refractivity contribution in [3.63, 3.8) is 0 Å². The Morgan fingerprint density at radius 3 is 2.50 bits per heavy atom. The molecule has 0 bridgehead atoms. The Morgan fingerprint density at radius 1 is 0.938 bits per heavy atom. The maximum atomic E-state index is 12.6. The van der Waals surface area contributed by atoms with Crippen molar-refractivity contribution in [2.45, 2.75) is 5.92 Å². The van der Waals surface area contributed by atoms with E-state index < -0.39 is 0 Å². The van der Waals surface area contributed by atoms with Gasteiger partial charge in [-0.2, -0.15) is 0 Å². The molecule has 0 spiro atoms. The standard InChI is InChI=1S/C27H26N2O3/c1-31-25-14-8-12-21(27(25)32-2)23(22-17-28-24-13-7-6-11-20(22)24)18-29-26(30)16-15-19-9-4-3-5-10-19/h3-17,23,28H,18H2,1-2H3,(H,29,30)/b16-15+. The van der Waals surface area contributed by atoms with Crippen LogP contribution >= 0.6 is 0 Å². The lowest BCUT2D eigenvalue weighted by molar-refractivity contribution is -0.116. The van der Waals surface area contributed by atoms with Crippen LogP contribution in [-0.2, 0) is 4.79 Å². The fourth-order valence-corrected chi connectivity index (χ4v) is 3.95. The summed E-state index contributed by atoms with van der Waals surface area (Å²) < 4.78 is 11.2. The zero-order valence-electron chi connectivity index (χ0n) is 18.2. The van der Waals surface area contributed by atoms with Gasteiger partial charge in [-0.05, 0) is 29.3 Å². The average Bonchev–Trinajstić information content (AvgIpc) is 3.27. The maximum Gasteiger partial charge on any atom is 0.244 e. The lowest BCUT2D eigenvalue weighted by Crippen LogP contribution is -2.27. The molecule has 0 aliphatic heterocycles. The number of hydrogen-bond donors (Lipinski definition) is 2. The Bertz CT molecular complexity index is 1230. The van der Waals surface area contributed by atoms with Crippen LogP contribution in [0.2, 0.25) is 0 Å². The highest BCUT2D eigenvalue weighted by molar-refractivity contribution is 5.92. The fraction of sp³-hybridized carbons (Fsp3) is 0.148. The third kappa shape index (κ3) is 4.52. The van der Waals surface area contributed by atoms with Gasteiger partial charge in [0.25, 0.3) is 0 Å². The molecule has 3 aromatic carbocycles. The topological polar surface area (TPSA) is 63.3 Å². The van der Waals surface area contributed by atoms with Gasteiger partial charge in [0.2, 0.25) is 5.91 Å². The van der Waals surface area contributed by atoms with Gasteiger partial charge in [0, 0.05) is 41.2 Å². The normalized spacial score (nSPS) is 12.1. The largest absolute Gasteiger partial charge is 0.493 e. The fourth-order valence-electron chi connectivity index (χ4n) is 3.95. The van der Waals surface area contributed by atoms with E-state index >= 15 is 0 Å². The molecule has 0 fully saturated rings. The van der Waals surface area contributed by atoms with Crippen molar-refractivity contribution in [2.75, 3.05) is 20.8 Å². The second-order valence-electron chi connectivity index (χ2n) is 7.41. The van der Waals surface area contributed by atoms with Crippen LogP contribution in [0.4, 0.5) is 0 Å². The number of ether oxygens (including phenoxy) is 2. The van der Waals surface area contributed by atoms with Crippen molar-refractivity contribution >= 4 is 22.9 Å². The quantitative estimate of drug-likeness (QED) is 0.383. The first-order valence-electron chi connectivity index (χ1n) is 10.5. The molecule has 1 atom stereocenters. The molecule has 0 aliphatic rings. The van der Waals surface area contributed by atoms with E-state index in [1.807, 2.05) is 79.0 Å². The molecule has 1 amide bonds. The van der Waals surface area contributed by atoms with Crippen LogP contribution in [0.1, 0.15) is 22.6 Å². The number of hydrogen-bond acceptors (Lipinski definition) is 3. The lowest BCUT2D eigenvalue weighted by Gasteiger charge is -2.21. The minimum atomic E-state index is -0.152. The van der Waals surface area contributed by atoms with Crippen molar-refractivity contribution in [2.24, 2.45) is 0 Å². The van der Waals surface area contributed by atoms with E-state index in [1.165, 1.54) is 0 Å². The van der Waals surface area contributed by atoms with Gasteiger partial charge in [0.15, 0.2) is 11.5 Å². The molecule has 1 unspecified atom stereocenters. The SMILES string of the molecule is COc1cccc(C(CNC(=O)/C=C/c2ccccc2)c2c[nH]c3ccccc23)c1OC. The summed E-state index contributed by atoms with van der Waals surface area (Å²) in [5, 5.41) is 4.17. The Hall–Kier alpha value is -3.99. The second-order valence-corrected chi connectivity index (χ2v) is 7.41. The number of carbonyl (C=O) groups excluding carboxylic acids is 1. The number of para-hydroxylation sites is 2. The van der Waals surface area contributed by atoms with Gasteiger partial charge >= 0.3 is 0 Å². The summed E-state index contributed by atoms with van der Waals surface area (Å²) in [4.78, 5) is 15.9. The van der Waals surface area contributed by atoms with Crippen LogP contribution in [0.3, 0.4) is 0 Å². The number of nitrogens with one attached hydrogen (secondary N) is 2. The summed E-state index contributed by atoms with van der Waals surface area (Å²) in [7, 11) is 3.26. The summed E-state index contributed by atoms with van der Waals surface area (Å²) in [6, 6.07) is 23.7. The molecule has 4 rings (SSSR count). The summed E-state index contributed by atoms with van der Waals surface area (Å²) in [6.07, 6.45) is 5.37. The number of fused-ring (bicyclic) bond motifs is 1. The van der Waals surface area contributed by atoms with E-state index in [2.05, 4.69) is 16.4 Å². The molecule has 32 heavy (non-hydrogen) atoms. The Morgan fingerprint density at radius 2 is 1.72 bits per heavy atom. The first-order chi connectivity index (χ1) is 15.7. The number of methoxy groups -OCH3 is 2. The Balaban J connectivity index is 1.66. The van der Waals surface area contributed by atoms with Crippen LogP contribution in [-0.4, -0.2) is 31.7 Å². The molecule has 0 saturated carbocycles. The average molecular weight is 427 g/mol. The second kappa shape index (κ2) is 9.88. The molecule has 1 aromatic heterocycles. The van der Waals surface area contributed by atoms with E-state index in [9.17, 15) is 4.79 Å². The number of H-pyrrole nitrogens is 1. The van der Waals surface area contributed by atoms with Crippen LogP contribution in [0.15, 0.2) is 85.1 Å². The molecule has 0 saturated heterocycles. The number of rotatable bonds is 8. The highest BCUT2D eigenvalue weighted by atomic mass is 16.5. The van der Waals surface area contributed by atoms with Gasteiger partial charge < -0.3 is 19.8 Å². The van der Waals surface area contributed by atoms with Crippen LogP contribution in [0.5, 0.6) is 11.5 Å². The van der Waals surface area contributed by atoms with E-state index in [0.717, 1.165) is 27.6 Å². The van der Waals surface area contributed by atoms with Crippen LogP contribution in [0.25, 0.3) is 17.0 Å². The minimum Gasteiger partial charge on any atom is -0.493 e. The molecule has 0 radical (unpaired) electrons. The highest BCUT2D eigenvalue weighted by Gasteiger charge is 2.24. The predicted molar refractivity (Wildman–Crippen MR) is 128 cm³/mol. The Kier molecular flexibility index (Phi) is 6.56. The smallest absolute Gasteiger partial charge is 0.244 e. The minimum absolute atomic E-state index is 0.134. The zero-order chi connectivity index (χ0) is 22.3. The van der Waals surface area contributed by atoms with E-state index in [1.54, 1.807) is 20.3 Å². The third-order valence-electron chi connectivity index (χ3n) is 5.51. The first-order valence-corrected chi connectivity index (χ1v) is 10.5. The summed E-state index contributed by atoms with van der Waals surface area (Å²) in [5.41, 5.74) is 4.05. The number of carbonyl (C=O) groups is 1. The molecule has 5 nitrogen and oxygen atoms in total. The van der Waals surface area contributed by atoms with E-state index in [-0.39, 0.29) is 11.8 Å². The van der Waals surface area contributed by atoms with Gasteiger partial charge in [0.05, 0.1) is 14.2 Å². The van der Waals surface area contributed by atoms with Gasteiger partial charge in [-0.25, -0.2) is 0 Å². The van der Waals surface area contributed by atoms with Gasteiger partial charge in [-0.1, -0.05) is 60.7 Å². The molecule has 4 aromatic rings. The van der Waals surface area contributed by atoms with Crippen molar-refractivity contribution in [1.82, 2.24) is 10.3 Å². The molecular formula is C27H26N2O3. The monoisotopic (exact) mass is 426 g/mol. The Labute approximate surface area is 187 Å². The van der Waals surface area contributed by atoms with Crippen molar-refractivity contribution in [3.05, 3.63) is 102 Å². The molecule has 1 heterocycles. The molecule has 2 N–H and O–H groups in total. The van der Waals surface area contributed by atoms with Gasteiger partial charge in [0.1, 0.15) is 0 Å². The lowest BCUT2D eigenvalue weighted by atomic mass is 9.89. The van der Waals surface area contributed by atoms with Crippen molar-refractivity contribution < 1.29 is 14.3 Å². The summed E-state index contributed by atoms with van der Waals surface area (Å²) in [6.45, 7) is 0.406.